The van der Waals surface area contributed by atoms with E-state index in [1.54, 1.807) is 19.0 Å². The number of nitrogens with zero attached hydrogens (tertiary/aromatic N) is 3. The lowest BCUT2D eigenvalue weighted by molar-refractivity contribution is 0.0704. The maximum atomic E-state index is 12.7. The second-order valence-electron chi connectivity index (χ2n) is 6.22. The molecular formula is C17H22ClN5O. The number of carbonyl (C=O) groups excluding carboxylic acids is 1. The highest BCUT2D eigenvalue weighted by atomic mass is 35.5. The van der Waals surface area contributed by atoms with Crippen molar-refractivity contribution in [3.63, 3.8) is 0 Å². The molecule has 2 heterocycles. The van der Waals surface area contributed by atoms with Crippen molar-refractivity contribution in [3.8, 4) is 0 Å². The Hall–Kier alpha value is -1.89. The summed E-state index contributed by atoms with van der Waals surface area (Å²) in [6, 6.07) is 10.7. The van der Waals surface area contributed by atoms with Crippen molar-refractivity contribution in [3.05, 3.63) is 52.8 Å². The van der Waals surface area contributed by atoms with Crippen LogP contribution in [0.4, 0.5) is 0 Å². The van der Waals surface area contributed by atoms with Gasteiger partial charge in [-0.3, -0.25) is 14.9 Å². The summed E-state index contributed by atoms with van der Waals surface area (Å²) in [4.78, 5) is 14.4. The largest absolute Gasteiger partial charge is 0.336 e. The average molecular weight is 348 g/mol. The van der Waals surface area contributed by atoms with Gasteiger partial charge in [-0.25, -0.2) is 5.43 Å². The van der Waals surface area contributed by atoms with Crippen molar-refractivity contribution in [1.29, 1.82) is 0 Å². The number of carbonyl (C=O) groups is 1. The number of aryl methyl sites for hydroxylation is 1. The minimum atomic E-state index is -0.127. The van der Waals surface area contributed by atoms with E-state index >= 15 is 0 Å². The quantitative estimate of drug-likeness (QED) is 0.889. The highest BCUT2D eigenvalue weighted by molar-refractivity contribution is 6.33. The van der Waals surface area contributed by atoms with Crippen molar-refractivity contribution < 1.29 is 4.79 Å². The molecule has 0 aliphatic carbocycles. The van der Waals surface area contributed by atoms with Crippen LogP contribution in [0.5, 0.6) is 0 Å². The van der Waals surface area contributed by atoms with Crippen LogP contribution < -0.4 is 10.9 Å². The van der Waals surface area contributed by atoms with Crippen molar-refractivity contribution >= 4 is 17.5 Å². The molecule has 1 aliphatic rings. The minimum Gasteiger partial charge on any atom is -0.336 e. The molecule has 0 radical (unpaired) electrons. The van der Waals surface area contributed by atoms with E-state index in [1.807, 2.05) is 25.1 Å². The van der Waals surface area contributed by atoms with E-state index < -0.39 is 0 Å². The first kappa shape index (κ1) is 17.0. The van der Waals surface area contributed by atoms with Gasteiger partial charge in [-0.2, -0.15) is 5.10 Å². The Balaban J connectivity index is 1.68. The molecule has 2 N–H and O–H groups in total. The molecular weight excluding hydrogens is 326 g/mol. The van der Waals surface area contributed by atoms with Crippen molar-refractivity contribution in [2.24, 2.45) is 7.05 Å². The third-order valence-corrected chi connectivity index (χ3v) is 5.02. The Kier molecular flexibility index (Phi) is 4.89. The summed E-state index contributed by atoms with van der Waals surface area (Å²) < 4.78 is 1.51. The first-order valence-electron chi connectivity index (χ1n) is 7.99. The van der Waals surface area contributed by atoms with E-state index in [9.17, 15) is 4.79 Å². The fourth-order valence-electron chi connectivity index (χ4n) is 3.07. The van der Waals surface area contributed by atoms with Crippen molar-refractivity contribution in [1.82, 2.24) is 25.5 Å². The smallest absolute Gasteiger partial charge is 0.273 e. The fraction of sp³-hybridized carbons (Fsp3) is 0.412. The monoisotopic (exact) mass is 347 g/mol. The summed E-state index contributed by atoms with van der Waals surface area (Å²) in [6.45, 7) is 2.04. The molecule has 6 nitrogen and oxygen atoms in total. The van der Waals surface area contributed by atoms with Gasteiger partial charge in [0.25, 0.3) is 5.91 Å². The molecule has 0 bridgehead atoms. The van der Waals surface area contributed by atoms with Gasteiger partial charge >= 0.3 is 0 Å². The number of aromatic nitrogens is 2. The summed E-state index contributed by atoms with van der Waals surface area (Å²) >= 11 is 6.09. The fourth-order valence-corrected chi connectivity index (χ4v) is 3.32. The van der Waals surface area contributed by atoms with Gasteiger partial charge in [0.1, 0.15) is 5.69 Å². The van der Waals surface area contributed by atoms with Gasteiger partial charge < -0.3 is 4.90 Å². The topological polar surface area (TPSA) is 62.2 Å². The highest BCUT2D eigenvalue weighted by Crippen LogP contribution is 2.25. The number of hydrogen-bond acceptors (Lipinski definition) is 4. The first-order valence-corrected chi connectivity index (χ1v) is 8.37. The van der Waals surface area contributed by atoms with E-state index in [0.717, 1.165) is 6.42 Å². The summed E-state index contributed by atoms with van der Waals surface area (Å²) in [5, 5.41) is 4.41. The number of hydrazine groups is 1. The van der Waals surface area contributed by atoms with E-state index in [2.05, 4.69) is 28.1 Å². The van der Waals surface area contributed by atoms with Crippen LogP contribution in [-0.2, 0) is 7.05 Å². The highest BCUT2D eigenvalue weighted by Gasteiger charge is 2.33. The van der Waals surface area contributed by atoms with Gasteiger partial charge in [-0.1, -0.05) is 41.9 Å². The zero-order valence-electron chi connectivity index (χ0n) is 14.0. The lowest BCUT2D eigenvalue weighted by atomic mass is 9.98. The number of benzene rings is 1. The third-order valence-electron chi connectivity index (χ3n) is 4.74. The Morgan fingerprint density at radius 2 is 2.08 bits per heavy atom. The van der Waals surface area contributed by atoms with Crippen molar-refractivity contribution in [2.75, 3.05) is 7.05 Å². The third kappa shape index (κ3) is 3.17. The number of halogens is 1. The molecule has 1 aliphatic heterocycles. The SMILES string of the molecule is CC(C1CC(c2ccccc2)NN1)N(C)C(=O)c1c(Cl)cnn1C. The minimum absolute atomic E-state index is 0.00433. The molecule has 24 heavy (non-hydrogen) atoms. The number of nitrogens with one attached hydrogen (secondary N) is 2. The predicted octanol–water partition coefficient (Wildman–Crippen LogP) is 2.14. The van der Waals surface area contributed by atoms with Gasteiger partial charge in [0.15, 0.2) is 0 Å². The van der Waals surface area contributed by atoms with E-state index in [-0.39, 0.29) is 24.0 Å². The van der Waals surface area contributed by atoms with Gasteiger partial charge in [0.2, 0.25) is 0 Å². The van der Waals surface area contributed by atoms with E-state index in [0.29, 0.717) is 10.7 Å². The molecule has 3 rings (SSSR count). The first-order chi connectivity index (χ1) is 11.5. The number of likely N-dealkylation sites (N-methyl/N-ethyl adjacent to an activating group) is 1. The summed E-state index contributed by atoms with van der Waals surface area (Å²) in [6.07, 6.45) is 2.40. The zero-order valence-corrected chi connectivity index (χ0v) is 14.8. The van der Waals surface area contributed by atoms with Crippen LogP contribution in [0.1, 0.15) is 35.4 Å². The second kappa shape index (κ2) is 6.93. The molecule has 3 unspecified atom stereocenters. The summed E-state index contributed by atoms with van der Waals surface area (Å²) in [5.41, 5.74) is 8.29. The van der Waals surface area contributed by atoms with Crippen LogP contribution in [0.15, 0.2) is 36.5 Å². The molecule has 1 saturated heterocycles. The molecule has 1 fully saturated rings. The summed E-state index contributed by atoms with van der Waals surface area (Å²) in [5.74, 6) is -0.127. The second-order valence-corrected chi connectivity index (χ2v) is 6.62. The molecule has 1 amide bonds. The Bertz CT molecular complexity index is 698. The molecule has 7 heteroatoms. The summed E-state index contributed by atoms with van der Waals surface area (Å²) in [7, 11) is 3.52. The van der Waals surface area contributed by atoms with Crippen LogP contribution in [-0.4, -0.2) is 39.7 Å². The van der Waals surface area contributed by atoms with Crippen LogP contribution in [0.3, 0.4) is 0 Å². The van der Waals surface area contributed by atoms with Crippen molar-refractivity contribution in [2.45, 2.75) is 31.5 Å². The maximum Gasteiger partial charge on any atom is 0.273 e. The molecule has 128 valence electrons. The maximum absolute atomic E-state index is 12.7. The Morgan fingerprint density at radius 1 is 1.38 bits per heavy atom. The lowest BCUT2D eigenvalue weighted by Crippen LogP contribution is -2.48. The van der Waals surface area contributed by atoms with Gasteiger partial charge in [-0.05, 0) is 18.9 Å². The van der Waals surface area contributed by atoms with Gasteiger partial charge in [0.05, 0.1) is 11.2 Å². The standard InChI is InChI=1S/C17H22ClN5O/c1-11(22(2)17(24)16-13(18)10-19-23(16)3)14-9-15(21-20-14)12-7-5-4-6-8-12/h4-8,10-11,14-15,20-21H,9H2,1-3H3. The van der Waals surface area contributed by atoms with Crippen LogP contribution in [0.25, 0.3) is 0 Å². The normalized spacial score (nSPS) is 21.7. The van der Waals surface area contributed by atoms with Crippen LogP contribution in [0, 0.1) is 0 Å². The molecule has 1 aromatic heterocycles. The average Bonchev–Trinajstić information content (AvgIpc) is 3.21. The van der Waals surface area contributed by atoms with Gasteiger partial charge in [-0.15, -0.1) is 0 Å². The Morgan fingerprint density at radius 3 is 2.71 bits per heavy atom. The van der Waals surface area contributed by atoms with E-state index in [4.69, 9.17) is 11.6 Å². The number of hydrogen-bond donors (Lipinski definition) is 2. The Labute approximate surface area is 146 Å². The predicted molar refractivity (Wildman–Crippen MR) is 93.6 cm³/mol. The number of rotatable bonds is 4. The molecule has 1 aromatic carbocycles. The van der Waals surface area contributed by atoms with Crippen LogP contribution >= 0.6 is 11.6 Å². The van der Waals surface area contributed by atoms with Gasteiger partial charge in [0, 0.05) is 32.2 Å². The molecule has 2 aromatic rings. The zero-order chi connectivity index (χ0) is 17.3. The molecule has 3 atom stereocenters. The van der Waals surface area contributed by atoms with E-state index in [1.165, 1.54) is 16.4 Å². The molecule has 0 spiro atoms. The molecule has 0 saturated carbocycles. The van der Waals surface area contributed by atoms with Crippen LogP contribution in [0.2, 0.25) is 5.02 Å². The lowest BCUT2D eigenvalue weighted by Gasteiger charge is -2.29. The number of amides is 1.